The van der Waals surface area contributed by atoms with Crippen molar-refractivity contribution in [3.63, 3.8) is 0 Å². The van der Waals surface area contributed by atoms with Gasteiger partial charge in [-0.3, -0.25) is 4.79 Å². The van der Waals surface area contributed by atoms with Crippen LogP contribution in [0.15, 0.2) is 30.6 Å². The smallest absolute Gasteiger partial charge is 0.278 e. The van der Waals surface area contributed by atoms with Gasteiger partial charge in [0.05, 0.1) is 5.56 Å². The van der Waals surface area contributed by atoms with Gasteiger partial charge in [0.2, 0.25) is 0 Å². The lowest BCUT2D eigenvalue weighted by Crippen LogP contribution is -2.16. The first-order valence-electron chi connectivity index (χ1n) is 5.19. The lowest BCUT2D eigenvalue weighted by molar-refractivity contribution is 0.102. The van der Waals surface area contributed by atoms with Crippen molar-refractivity contribution in [2.45, 2.75) is 0 Å². The Morgan fingerprint density at radius 1 is 1.37 bits per heavy atom. The summed E-state index contributed by atoms with van der Waals surface area (Å²) in [6, 6.07) is 5.33. The van der Waals surface area contributed by atoms with Crippen LogP contribution in [0, 0.1) is 17.1 Å². The summed E-state index contributed by atoms with van der Waals surface area (Å²) in [5, 5.41) is 11.2. The van der Waals surface area contributed by atoms with Crippen LogP contribution in [0.3, 0.4) is 0 Å². The second-order valence-corrected chi connectivity index (χ2v) is 3.55. The van der Waals surface area contributed by atoms with E-state index in [1.165, 1.54) is 24.5 Å². The van der Waals surface area contributed by atoms with E-state index < -0.39 is 11.7 Å². The van der Waals surface area contributed by atoms with Gasteiger partial charge in [-0.15, -0.1) is 0 Å². The van der Waals surface area contributed by atoms with Crippen LogP contribution in [-0.4, -0.2) is 15.9 Å². The van der Waals surface area contributed by atoms with Gasteiger partial charge >= 0.3 is 0 Å². The van der Waals surface area contributed by atoms with E-state index in [0.29, 0.717) is 0 Å². The molecule has 0 aliphatic rings. The number of aromatic nitrogens is 2. The monoisotopic (exact) mass is 257 g/mol. The fourth-order valence-electron chi connectivity index (χ4n) is 1.40. The minimum Gasteiger partial charge on any atom is -0.382 e. The molecule has 0 spiro atoms. The minimum atomic E-state index is -0.653. The highest BCUT2D eigenvalue weighted by atomic mass is 19.1. The molecule has 0 saturated heterocycles. The SMILES string of the molecule is N#Cc1cc(NC(=O)c2nccnc2N)ccc1F. The van der Waals surface area contributed by atoms with E-state index in [9.17, 15) is 9.18 Å². The molecule has 0 fully saturated rings. The number of benzene rings is 1. The zero-order valence-corrected chi connectivity index (χ0v) is 9.59. The molecule has 0 bridgehead atoms. The molecule has 3 N–H and O–H groups in total. The van der Waals surface area contributed by atoms with Crippen LogP contribution in [0.2, 0.25) is 0 Å². The number of nitrogens with zero attached hydrogens (tertiary/aromatic N) is 3. The number of carbonyl (C=O) groups is 1. The van der Waals surface area contributed by atoms with E-state index in [1.54, 1.807) is 6.07 Å². The van der Waals surface area contributed by atoms with Crippen LogP contribution in [-0.2, 0) is 0 Å². The summed E-state index contributed by atoms with van der Waals surface area (Å²) < 4.78 is 13.1. The van der Waals surface area contributed by atoms with Crippen LogP contribution in [0.1, 0.15) is 16.1 Å². The summed E-state index contributed by atoms with van der Waals surface area (Å²) in [6.07, 6.45) is 2.69. The Balaban J connectivity index is 2.25. The Morgan fingerprint density at radius 3 is 2.79 bits per heavy atom. The highest BCUT2D eigenvalue weighted by Crippen LogP contribution is 2.15. The van der Waals surface area contributed by atoms with Crippen LogP contribution in [0.4, 0.5) is 15.9 Å². The maximum Gasteiger partial charge on any atom is 0.278 e. The molecular formula is C12H8FN5O. The number of rotatable bonds is 2. The van der Waals surface area contributed by atoms with E-state index in [-0.39, 0.29) is 22.8 Å². The first kappa shape index (κ1) is 12.4. The maximum atomic E-state index is 13.1. The molecular weight excluding hydrogens is 249 g/mol. The second-order valence-electron chi connectivity index (χ2n) is 3.55. The highest BCUT2D eigenvalue weighted by Gasteiger charge is 2.13. The maximum absolute atomic E-state index is 13.1. The van der Waals surface area contributed by atoms with Crippen LogP contribution in [0.5, 0.6) is 0 Å². The van der Waals surface area contributed by atoms with Crippen molar-refractivity contribution < 1.29 is 9.18 Å². The summed E-state index contributed by atoms with van der Waals surface area (Å²) in [5.41, 5.74) is 5.58. The summed E-state index contributed by atoms with van der Waals surface area (Å²) in [6.45, 7) is 0. The molecule has 0 aliphatic heterocycles. The third-order valence-corrected chi connectivity index (χ3v) is 2.29. The van der Waals surface area contributed by atoms with Gasteiger partial charge in [-0.25, -0.2) is 14.4 Å². The standard InChI is InChI=1S/C12H8FN5O/c13-9-2-1-8(5-7(9)6-14)18-12(19)10-11(15)17-4-3-16-10/h1-5H,(H2,15,17)(H,18,19). The van der Waals surface area contributed by atoms with E-state index in [4.69, 9.17) is 11.0 Å². The van der Waals surface area contributed by atoms with Gasteiger partial charge in [0.25, 0.3) is 5.91 Å². The van der Waals surface area contributed by atoms with Gasteiger partial charge < -0.3 is 11.1 Å². The number of hydrogen-bond donors (Lipinski definition) is 2. The van der Waals surface area contributed by atoms with E-state index in [0.717, 1.165) is 6.07 Å². The summed E-state index contributed by atoms with van der Waals surface area (Å²) in [4.78, 5) is 19.4. The Morgan fingerprint density at radius 2 is 2.11 bits per heavy atom. The molecule has 0 saturated carbocycles. The van der Waals surface area contributed by atoms with Crippen molar-refractivity contribution >= 4 is 17.4 Å². The molecule has 2 rings (SSSR count). The van der Waals surface area contributed by atoms with Crippen LogP contribution in [0.25, 0.3) is 0 Å². The van der Waals surface area contributed by atoms with Crippen molar-refractivity contribution in [1.82, 2.24) is 9.97 Å². The number of nitrogen functional groups attached to an aromatic ring is 1. The number of nitrogens with two attached hydrogens (primary N) is 1. The quantitative estimate of drug-likeness (QED) is 0.844. The van der Waals surface area contributed by atoms with Gasteiger partial charge in [-0.2, -0.15) is 5.26 Å². The van der Waals surface area contributed by atoms with E-state index in [2.05, 4.69) is 15.3 Å². The molecule has 0 unspecified atom stereocenters. The zero-order chi connectivity index (χ0) is 13.8. The van der Waals surface area contributed by atoms with Gasteiger partial charge in [0.1, 0.15) is 11.9 Å². The Bertz CT molecular complexity index is 680. The molecule has 0 radical (unpaired) electrons. The topological polar surface area (TPSA) is 105 Å². The summed E-state index contributed by atoms with van der Waals surface area (Å²) in [7, 11) is 0. The molecule has 2 aromatic rings. The van der Waals surface area contributed by atoms with Gasteiger partial charge in [-0.05, 0) is 18.2 Å². The number of halogens is 1. The molecule has 0 atom stereocenters. The number of anilines is 2. The fourth-order valence-corrected chi connectivity index (χ4v) is 1.40. The summed E-state index contributed by atoms with van der Waals surface area (Å²) in [5.74, 6) is -1.25. The average Bonchev–Trinajstić information content (AvgIpc) is 2.41. The normalized spacial score (nSPS) is 9.68. The molecule has 94 valence electrons. The molecule has 1 aromatic carbocycles. The Hall–Kier alpha value is -3.01. The first-order chi connectivity index (χ1) is 9.11. The predicted octanol–water partition coefficient (Wildman–Crippen LogP) is 1.32. The van der Waals surface area contributed by atoms with Gasteiger partial charge in [0, 0.05) is 18.1 Å². The molecule has 0 aliphatic carbocycles. The lowest BCUT2D eigenvalue weighted by Gasteiger charge is -2.06. The van der Waals surface area contributed by atoms with Crippen LogP contribution < -0.4 is 11.1 Å². The molecule has 7 heteroatoms. The Labute approximate surface area is 107 Å². The zero-order valence-electron chi connectivity index (χ0n) is 9.59. The number of carbonyl (C=O) groups excluding carboxylic acids is 1. The van der Waals surface area contributed by atoms with E-state index >= 15 is 0 Å². The lowest BCUT2D eigenvalue weighted by atomic mass is 10.2. The third-order valence-electron chi connectivity index (χ3n) is 2.29. The first-order valence-corrected chi connectivity index (χ1v) is 5.19. The van der Waals surface area contributed by atoms with Crippen molar-refractivity contribution in [3.05, 3.63) is 47.7 Å². The molecule has 19 heavy (non-hydrogen) atoms. The summed E-state index contributed by atoms with van der Waals surface area (Å²) >= 11 is 0. The van der Waals surface area contributed by atoms with Crippen molar-refractivity contribution in [1.29, 1.82) is 5.26 Å². The number of amides is 1. The third kappa shape index (κ3) is 2.63. The van der Waals surface area contributed by atoms with Crippen molar-refractivity contribution in [2.75, 3.05) is 11.1 Å². The highest BCUT2D eigenvalue weighted by molar-refractivity contribution is 6.05. The number of nitrogens with one attached hydrogen (secondary N) is 1. The molecule has 1 amide bonds. The minimum absolute atomic E-state index is 0.0115. The van der Waals surface area contributed by atoms with Gasteiger partial charge in [-0.1, -0.05) is 0 Å². The fraction of sp³-hybridized carbons (Fsp3) is 0. The number of nitriles is 1. The van der Waals surface area contributed by atoms with E-state index in [1.807, 2.05) is 0 Å². The average molecular weight is 257 g/mol. The largest absolute Gasteiger partial charge is 0.382 e. The molecule has 1 heterocycles. The number of hydrogen-bond acceptors (Lipinski definition) is 5. The van der Waals surface area contributed by atoms with Gasteiger partial charge in [0.15, 0.2) is 11.5 Å². The van der Waals surface area contributed by atoms with Crippen LogP contribution >= 0.6 is 0 Å². The molecule has 1 aromatic heterocycles. The predicted molar refractivity (Wildman–Crippen MR) is 65.5 cm³/mol. The second kappa shape index (κ2) is 5.10. The van der Waals surface area contributed by atoms with Crippen molar-refractivity contribution in [3.8, 4) is 6.07 Å². The molecule has 6 nitrogen and oxygen atoms in total. The van der Waals surface area contributed by atoms with Crippen molar-refractivity contribution in [2.24, 2.45) is 0 Å². The Kier molecular flexibility index (Phi) is 3.34.